The average molecular weight is 247 g/mol. The second-order valence-corrected chi connectivity index (χ2v) is 3.91. The number of aliphatic hydroxyl groups is 1. The number of aliphatic hydroxyl groups excluding tert-OH is 1. The molecule has 0 saturated carbocycles. The summed E-state index contributed by atoms with van der Waals surface area (Å²) >= 11 is 0. The van der Waals surface area contributed by atoms with Crippen molar-refractivity contribution < 1.29 is 14.2 Å². The first-order chi connectivity index (χ1) is 8.63. The number of rotatable bonds is 3. The van der Waals surface area contributed by atoms with E-state index in [2.05, 4.69) is 0 Å². The summed E-state index contributed by atoms with van der Waals surface area (Å²) in [6, 6.07) is 9.62. The minimum atomic E-state index is -1.17. The van der Waals surface area contributed by atoms with Crippen LogP contribution in [0.15, 0.2) is 36.4 Å². The highest BCUT2D eigenvalue weighted by atomic mass is 19.1. The lowest BCUT2D eigenvalue weighted by Crippen LogP contribution is -2.14. The van der Waals surface area contributed by atoms with Crippen LogP contribution in [0.25, 0.3) is 10.8 Å². The van der Waals surface area contributed by atoms with Crippen LogP contribution < -0.4 is 0 Å². The summed E-state index contributed by atoms with van der Waals surface area (Å²) in [7, 11) is 0. The molecule has 2 aromatic rings. The van der Waals surface area contributed by atoms with Crippen LogP contribution in [-0.4, -0.2) is 17.6 Å². The molecule has 18 heavy (non-hydrogen) atoms. The second kappa shape index (κ2) is 5.14. The van der Waals surface area contributed by atoms with E-state index in [-0.39, 0.29) is 11.7 Å². The van der Waals surface area contributed by atoms with Crippen LogP contribution in [0.3, 0.4) is 0 Å². The quantitative estimate of drug-likeness (QED) is 0.647. The molecule has 0 aromatic heterocycles. The minimum absolute atomic E-state index is 0.228. The third-order valence-corrected chi connectivity index (χ3v) is 2.72. The normalized spacial score (nSPS) is 12.4. The van der Waals surface area contributed by atoms with Gasteiger partial charge in [0.15, 0.2) is 6.10 Å². The van der Waals surface area contributed by atoms with Gasteiger partial charge in [-0.05, 0) is 35.4 Å². The standard InChI is InChI=1S/C14H14FNO2/c1-2-18-14(16)13(17)11-5-3-4-9-6-7-10(15)8-12(9)11/h3-8,13,16-17H,2H2,1H3. The van der Waals surface area contributed by atoms with Gasteiger partial charge in [-0.1, -0.05) is 24.3 Å². The summed E-state index contributed by atoms with van der Waals surface area (Å²) in [6.07, 6.45) is -1.17. The van der Waals surface area contributed by atoms with Gasteiger partial charge in [0, 0.05) is 0 Å². The molecule has 0 aliphatic rings. The Morgan fingerprint density at radius 1 is 1.39 bits per heavy atom. The van der Waals surface area contributed by atoms with Crippen LogP contribution in [-0.2, 0) is 4.74 Å². The van der Waals surface area contributed by atoms with Crippen molar-refractivity contribution in [1.29, 1.82) is 5.41 Å². The molecule has 0 amide bonds. The molecule has 1 atom stereocenters. The van der Waals surface area contributed by atoms with E-state index in [1.807, 2.05) is 6.07 Å². The molecule has 0 saturated heterocycles. The molecule has 4 heteroatoms. The summed E-state index contributed by atoms with van der Waals surface area (Å²) < 4.78 is 18.2. The molecule has 94 valence electrons. The average Bonchev–Trinajstić information content (AvgIpc) is 2.37. The maximum Gasteiger partial charge on any atom is 0.214 e. The fourth-order valence-electron chi connectivity index (χ4n) is 1.88. The van der Waals surface area contributed by atoms with Gasteiger partial charge in [-0.15, -0.1) is 0 Å². The first-order valence-electron chi connectivity index (χ1n) is 5.71. The molecule has 1 unspecified atom stereocenters. The van der Waals surface area contributed by atoms with Gasteiger partial charge in [0.05, 0.1) is 6.61 Å². The molecule has 0 bridgehead atoms. The number of benzene rings is 2. The predicted octanol–water partition coefficient (Wildman–Crippen LogP) is 3.03. The van der Waals surface area contributed by atoms with E-state index in [0.717, 1.165) is 5.39 Å². The van der Waals surface area contributed by atoms with Crippen LogP contribution in [0.4, 0.5) is 4.39 Å². The van der Waals surface area contributed by atoms with Crippen molar-refractivity contribution in [3.63, 3.8) is 0 Å². The lowest BCUT2D eigenvalue weighted by Gasteiger charge is -2.14. The Balaban J connectivity index is 2.50. The van der Waals surface area contributed by atoms with Crippen LogP contribution in [0.5, 0.6) is 0 Å². The van der Waals surface area contributed by atoms with Gasteiger partial charge in [0.1, 0.15) is 5.82 Å². The minimum Gasteiger partial charge on any atom is -0.479 e. The van der Waals surface area contributed by atoms with Crippen molar-refractivity contribution >= 4 is 16.7 Å². The monoisotopic (exact) mass is 247 g/mol. The zero-order valence-corrected chi connectivity index (χ0v) is 9.98. The Morgan fingerprint density at radius 3 is 2.89 bits per heavy atom. The van der Waals surface area contributed by atoms with Crippen molar-refractivity contribution in [2.75, 3.05) is 6.61 Å². The molecule has 2 N–H and O–H groups in total. The SMILES string of the molecule is CCOC(=N)C(O)c1cccc2ccc(F)cc12. The maximum absolute atomic E-state index is 13.3. The van der Waals surface area contributed by atoms with E-state index in [9.17, 15) is 9.50 Å². The van der Waals surface area contributed by atoms with Crippen LogP contribution in [0.2, 0.25) is 0 Å². The van der Waals surface area contributed by atoms with Gasteiger partial charge in [0.25, 0.3) is 0 Å². The van der Waals surface area contributed by atoms with Crippen molar-refractivity contribution in [2.24, 2.45) is 0 Å². The fraction of sp³-hybridized carbons (Fsp3) is 0.214. The van der Waals surface area contributed by atoms with Gasteiger partial charge >= 0.3 is 0 Å². The summed E-state index contributed by atoms with van der Waals surface area (Å²) in [4.78, 5) is 0. The van der Waals surface area contributed by atoms with Crippen molar-refractivity contribution in [2.45, 2.75) is 13.0 Å². The van der Waals surface area contributed by atoms with Crippen molar-refractivity contribution in [1.82, 2.24) is 0 Å². The van der Waals surface area contributed by atoms with Crippen LogP contribution >= 0.6 is 0 Å². The summed E-state index contributed by atoms with van der Waals surface area (Å²) in [6.45, 7) is 2.05. The molecular formula is C14H14FNO2. The van der Waals surface area contributed by atoms with Crippen molar-refractivity contribution in [3.05, 3.63) is 47.8 Å². The summed E-state index contributed by atoms with van der Waals surface area (Å²) in [5.41, 5.74) is 0.477. The Labute approximate surface area is 104 Å². The zero-order chi connectivity index (χ0) is 13.1. The highest BCUT2D eigenvalue weighted by molar-refractivity contribution is 5.91. The van der Waals surface area contributed by atoms with E-state index >= 15 is 0 Å². The summed E-state index contributed by atoms with van der Waals surface area (Å²) in [5, 5.41) is 19.0. The molecule has 0 aliphatic carbocycles. The molecule has 0 fully saturated rings. The Hall–Kier alpha value is -1.94. The Kier molecular flexibility index (Phi) is 3.58. The lowest BCUT2D eigenvalue weighted by atomic mass is 10.00. The molecular weight excluding hydrogens is 233 g/mol. The lowest BCUT2D eigenvalue weighted by molar-refractivity contribution is 0.191. The zero-order valence-electron chi connectivity index (χ0n) is 9.98. The van der Waals surface area contributed by atoms with Crippen LogP contribution in [0, 0.1) is 11.2 Å². The fourth-order valence-corrected chi connectivity index (χ4v) is 1.88. The molecule has 0 spiro atoms. The topological polar surface area (TPSA) is 53.3 Å². The predicted molar refractivity (Wildman–Crippen MR) is 68.2 cm³/mol. The highest BCUT2D eigenvalue weighted by Gasteiger charge is 2.17. The van der Waals surface area contributed by atoms with Crippen LogP contribution in [0.1, 0.15) is 18.6 Å². The molecule has 0 aliphatic heterocycles. The largest absolute Gasteiger partial charge is 0.479 e. The third kappa shape index (κ3) is 2.33. The molecule has 0 radical (unpaired) electrons. The second-order valence-electron chi connectivity index (χ2n) is 3.91. The third-order valence-electron chi connectivity index (χ3n) is 2.72. The number of halogens is 1. The molecule has 2 aromatic carbocycles. The van der Waals surface area contributed by atoms with E-state index < -0.39 is 6.10 Å². The van der Waals surface area contributed by atoms with Gasteiger partial charge in [-0.25, -0.2) is 4.39 Å². The Morgan fingerprint density at radius 2 is 2.17 bits per heavy atom. The van der Waals surface area contributed by atoms with Crippen molar-refractivity contribution in [3.8, 4) is 0 Å². The van der Waals surface area contributed by atoms with E-state index in [4.69, 9.17) is 10.1 Å². The van der Waals surface area contributed by atoms with Gasteiger partial charge in [-0.2, -0.15) is 0 Å². The highest BCUT2D eigenvalue weighted by Crippen LogP contribution is 2.26. The molecule has 0 heterocycles. The van der Waals surface area contributed by atoms with E-state index in [0.29, 0.717) is 17.6 Å². The van der Waals surface area contributed by atoms with Gasteiger partial charge in [0.2, 0.25) is 5.90 Å². The number of fused-ring (bicyclic) bond motifs is 1. The number of nitrogens with one attached hydrogen (secondary N) is 1. The molecule has 3 nitrogen and oxygen atoms in total. The van der Waals surface area contributed by atoms with E-state index in [1.54, 1.807) is 25.1 Å². The molecule has 2 rings (SSSR count). The number of ether oxygens (including phenoxy) is 1. The summed E-state index contributed by atoms with van der Waals surface area (Å²) in [5.74, 6) is -0.598. The van der Waals surface area contributed by atoms with Gasteiger partial charge in [-0.3, -0.25) is 5.41 Å². The smallest absolute Gasteiger partial charge is 0.214 e. The van der Waals surface area contributed by atoms with Gasteiger partial charge < -0.3 is 9.84 Å². The first kappa shape index (κ1) is 12.5. The first-order valence-corrected chi connectivity index (χ1v) is 5.71. The number of hydrogen-bond donors (Lipinski definition) is 2. The van der Waals surface area contributed by atoms with E-state index in [1.165, 1.54) is 12.1 Å². The number of hydrogen-bond acceptors (Lipinski definition) is 3. The Bertz CT molecular complexity index is 583. The maximum atomic E-state index is 13.3.